The zero-order valence-corrected chi connectivity index (χ0v) is 12.7. The molecule has 0 saturated heterocycles. The van der Waals surface area contributed by atoms with Gasteiger partial charge in [-0.3, -0.25) is 4.79 Å². The first-order valence-electron chi connectivity index (χ1n) is 6.20. The third kappa shape index (κ3) is 3.63. The van der Waals surface area contributed by atoms with Crippen molar-refractivity contribution in [2.75, 3.05) is 0 Å². The number of nitrogens with one attached hydrogen (secondary N) is 1. The first-order chi connectivity index (χ1) is 9.45. The van der Waals surface area contributed by atoms with Crippen molar-refractivity contribution < 1.29 is 9.18 Å². The first kappa shape index (κ1) is 14.7. The van der Waals surface area contributed by atoms with E-state index >= 15 is 0 Å². The van der Waals surface area contributed by atoms with Crippen molar-refractivity contribution in [2.24, 2.45) is 0 Å². The molecular weight excluding hydrogens is 323 g/mol. The van der Waals surface area contributed by atoms with Crippen molar-refractivity contribution >= 4 is 21.8 Å². The van der Waals surface area contributed by atoms with E-state index < -0.39 is 0 Å². The Morgan fingerprint density at radius 3 is 2.50 bits per heavy atom. The third-order valence-corrected chi connectivity index (χ3v) is 3.02. The zero-order valence-electron chi connectivity index (χ0n) is 11.2. The van der Waals surface area contributed by atoms with Gasteiger partial charge in [-0.1, -0.05) is 0 Å². The summed E-state index contributed by atoms with van der Waals surface area (Å²) in [6.07, 6.45) is 0. The summed E-state index contributed by atoms with van der Waals surface area (Å²) in [5.74, 6) is -0.465. The number of rotatable bonds is 3. The Morgan fingerprint density at radius 2 is 1.90 bits per heavy atom. The van der Waals surface area contributed by atoms with Gasteiger partial charge < -0.3 is 5.32 Å². The van der Waals surface area contributed by atoms with Crippen molar-refractivity contribution in [3.63, 3.8) is 0 Å². The lowest BCUT2D eigenvalue weighted by molar-refractivity contribution is 0.0943. The van der Waals surface area contributed by atoms with Gasteiger partial charge in [-0.25, -0.2) is 9.37 Å². The summed E-state index contributed by atoms with van der Waals surface area (Å²) in [6, 6.07) is 9.41. The summed E-state index contributed by atoms with van der Waals surface area (Å²) in [5.41, 5.74) is 1.89. The number of amides is 1. The Bertz CT molecular complexity index is 626. The number of halogens is 2. The van der Waals surface area contributed by atoms with Gasteiger partial charge >= 0.3 is 0 Å². The highest BCUT2D eigenvalue weighted by molar-refractivity contribution is 9.10. The predicted octanol–water partition coefficient (Wildman–Crippen LogP) is 3.79. The van der Waals surface area contributed by atoms with Gasteiger partial charge in [0.25, 0.3) is 5.91 Å². The van der Waals surface area contributed by atoms with Gasteiger partial charge in [0.2, 0.25) is 0 Å². The molecule has 0 spiro atoms. The average molecular weight is 337 g/mol. The largest absolute Gasteiger partial charge is 0.350 e. The molecule has 0 aliphatic carbocycles. The molecule has 0 fully saturated rings. The Labute approximate surface area is 125 Å². The SMILES string of the molecule is CC(C)NC(=O)c1cc(Br)nc(-c2ccc(F)cc2)c1. The Hall–Kier alpha value is -1.75. The van der Waals surface area contributed by atoms with Crippen LogP contribution in [0, 0.1) is 5.82 Å². The standard InChI is InChI=1S/C15H14BrFN2O/c1-9(2)18-15(20)11-7-13(19-14(16)8-11)10-3-5-12(17)6-4-10/h3-9H,1-2H3,(H,18,20). The number of carbonyl (C=O) groups excluding carboxylic acids is 1. The predicted molar refractivity (Wildman–Crippen MR) is 79.9 cm³/mol. The molecule has 1 N–H and O–H groups in total. The van der Waals surface area contributed by atoms with Crippen LogP contribution in [0.2, 0.25) is 0 Å². The molecule has 1 heterocycles. The van der Waals surface area contributed by atoms with Crippen LogP contribution in [0.5, 0.6) is 0 Å². The Kier molecular flexibility index (Phi) is 4.49. The van der Waals surface area contributed by atoms with Crippen molar-refractivity contribution in [3.05, 3.63) is 52.4 Å². The summed E-state index contributed by atoms with van der Waals surface area (Å²) in [6.45, 7) is 3.80. The molecule has 20 heavy (non-hydrogen) atoms. The number of nitrogens with zero attached hydrogens (tertiary/aromatic N) is 1. The molecule has 2 rings (SSSR count). The van der Waals surface area contributed by atoms with E-state index in [1.165, 1.54) is 12.1 Å². The van der Waals surface area contributed by atoms with Crippen LogP contribution in [0.3, 0.4) is 0 Å². The molecule has 0 radical (unpaired) electrons. The fourth-order valence-electron chi connectivity index (χ4n) is 1.74. The number of pyridine rings is 1. The molecular formula is C15H14BrFN2O. The van der Waals surface area contributed by atoms with E-state index in [0.29, 0.717) is 15.9 Å². The van der Waals surface area contributed by atoms with Gasteiger partial charge in [-0.15, -0.1) is 0 Å². The lowest BCUT2D eigenvalue weighted by atomic mass is 10.1. The third-order valence-electron chi connectivity index (χ3n) is 2.62. The molecule has 1 aromatic carbocycles. The normalized spacial score (nSPS) is 10.7. The molecule has 5 heteroatoms. The van der Waals surface area contributed by atoms with Crippen LogP contribution in [0.15, 0.2) is 41.0 Å². The number of hydrogen-bond donors (Lipinski definition) is 1. The van der Waals surface area contributed by atoms with Crippen LogP contribution in [-0.2, 0) is 0 Å². The smallest absolute Gasteiger partial charge is 0.251 e. The first-order valence-corrected chi connectivity index (χ1v) is 6.99. The molecule has 1 amide bonds. The van der Waals surface area contributed by atoms with Crippen molar-refractivity contribution in [3.8, 4) is 11.3 Å². The minimum atomic E-state index is -0.304. The number of benzene rings is 1. The molecule has 0 aliphatic heterocycles. The van der Waals surface area contributed by atoms with Crippen molar-refractivity contribution in [1.82, 2.24) is 10.3 Å². The van der Waals surface area contributed by atoms with Gasteiger partial charge in [-0.05, 0) is 66.2 Å². The Morgan fingerprint density at radius 1 is 1.25 bits per heavy atom. The maximum Gasteiger partial charge on any atom is 0.251 e. The van der Waals surface area contributed by atoms with Crippen LogP contribution < -0.4 is 5.32 Å². The quantitative estimate of drug-likeness (QED) is 0.866. The zero-order chi connectivity index (χ0) is 14.7. The van der Waals surface area contributed by atoms with E-state index in [2.05, 4.69) is 26.2 Å². The van der Waals surface area contributed by atoms with Crippen LogP contribution >= 0.6 is 15.9 Å². The fraction of sp³-hybridized carbons (Fsp3) is 0.200. The van der Waals surface area contributed by atoms with Gasteiger partial charge in [0, 0.05) is 17.2 Å². The van der Waals surface area contributed by atoms with Gasteiger partial charge in [0.1, 0.15) is 10.4 Å². The second kappa shape index (κ2) is 6.13. The highest BCUT2D eigenvalue weighted by atomic mass is 79.9. The summed E-state index contributed by atoms with van der Waals surface area (Å²) in [4.78, 5) is 16.3. The summed E-state index contributed by atoms with van der Waals surface area (Å²) >= 11 is 3.29. The average Bonchev–Trinajstić information content (AvgIpc) is 2.38. The van der Waals surface area contributed by atoms with E-state index in [0.717, 1.165) is 5.56 Å². The van der Waals surface area contributed by atoms with Crippen LogP contribution in [0.4, 0.5) is 4.39 Å². The number of hydrogen-bond acceptors (Lipinski definition) is 2. The van der Waals surface area contributed by atoms with Crippen LogP contribution in [-0.4, -0.2) is 16.9 Å². The highest BCUT2D eigenvalue weighted by Gasteiger charge is 2.11. The molecule has 0 aliphatic rings. The van der Waals surface area contributed by atoms with Gasteiger partial charge in [0.15, 0.2) is 0 Å². The van der Waals surface area contributed by atoms with Gasteiger partial charge in [0.05, 0.1) is 5.69 Å². The van der Waals surface area contributed by atoms with Crippen LogP contribution in [0.1, 0.15) is 24.2 Å². The monoisotopic (exact) mass is 336 g/mol. The van der Waals surface area contributed by atoms with E-state index in [-0.39, 0.29) is 17.8 Å². The fourth-order valence-corrected chi connectivity index (χ4v) is 2.18. The summed E-state index contributed by atoms with van der Waals surface area (Å²) in [7, 11) is 0. The van der Waals surface area contributed by atoms with Crippen LogP contribution in [0.25, 0.3) is 11.3 Å². The van der Waals surface area contributed by atoms with Gasteiger partial charge in [-0.2, -0.15) is 0 Å². The minimum absolute atomic E-state index is 0.0590. The van der Waals surface area contributed by atoms with Crippen molar-refractivity contribution in [2.45, 2.75) is 19.9 Å². The molecule has 0 saturated carbocycles. The number of aromatic nitrogens is 1. The molecule has 1 aromatic heterocycles. The second-order valence-corrected chi connectivity index (χ2v) is 5.51. The highest BCUT2D eigenvalue weighted by Crippen LogP contribution is 2.22. The number of carbonyl (C=O) groups is 1. The molecule has 0 unspecified atom stereocenters. The molecule has 2 aromatic rings. The summed E-state index contributed by atoms with van der Waals surface area (Å²) in [5, 5.41) is 2.83. The summed E-state index contributed by atoms with van der Waals surface area (Å²) < 4.78 is 13.5. The molecule has 104 valence electrons. The maximum absolute atomic E-state index is 12.9. The molecule has 0 bridgehead atoms. The topological polar surface area (TPSA) is 42.0 Å². The second-order valence-electron chi connectivity index (χ2n) is 4.70. The van der Waals surface area contributed by atoms with E-state index in [9.17, 15) is 9.18 Å². The van der Waals surface area contributed by atoms with E-state index in [1.54, 1.807) is 24.3 Å². The van der Waals surface area contributed by atoms with E-state index in [4.69, 9.17) is 0 Å². The molecule has 3 nitrogen and oxygen atoms in total. The van der Waals surface area contributed by atoms with E-state index in [1.807, 2.05) is 13.8 Å². The minimum Gasteiger partial charge on any atom is -0.350 e. The lowest BCUT2D eigenvalue weighted by Crippen LogP contribution is -2.30. The molecule has 0 atom stereocenters. The maximum atomic E-state index is 12.9. The lowest BCUT2D eigenvalue weighted by Gasteiger charge is -2.10. The Balaban J connectivity index is 2.38. The van der Waals surface area contributed by atoms with Crippen molar-refractivity contribution in [1.29, 1.82) is 0 Å².